The number of rotatable bonds is 8. The molecule has 1 amide bonds. The molecule has 0 atom stereocenters. The molecule has 1 heterocycles. The first-order valence-corrected chi connectivity index (χ1v) is 10.5. The third kappa shape index (κ3) is 7.74. The average Bonchev–Trinajstić information content (AvgIpc) is 3.09. The first kappa shape index (κ1) is 19.5. The monoisotopic (exact) mass is 374 g/mol. The molecule has 0 aliphatic carbocycles. The average molecular weight is 375 g/mol. The maximum Gasteiger partial charge on any atom is 0.287 e. The molecular formula is C19H22N2O2S2. The van der Waals surface area contributed by atoms with Crippen LogP contribution in [-0.2, 0) is 0 Å². The van der Waals surface area contributed by atoms with Crippen LogP contribution in [0.1, 0.15) is 21.9 Å². The lowest BCUT2D eigenvalue weighted by Crippen LogP contribution is -2.25. The van der Waals surface area contributed by atoms with Crippen molar-refractivity contribution in [3.05, 3.63) is 59.5 Å². The molecule has 1 aromatic heterocycles. The van der Waals surface area contributed by atoms with Crippen LogP contribution in [0.4, 0.5) is 0 Å². The van der Waals surface area contributed by atoms with Crippen LogP contribution in [0, 0.1) is 11.8 Å². The molecule has 1 N–H and O–H groups in total. The Kier molecular flexibility index (Phi) is 8.53. The molecule has 0 bridgehead atoms. The van der Waals surface area contributed by atoms with Crippen LogP contribution in [0.15, 0.2) is 46.9 Å². The van der Waals surface area contributed by atoms with E-state index >= 15 is 0 Å². The summed E-state index contributed by atoms with van der Waals surface area (Å²) < 4.78 is 5.49. The summed E-state index contributed by atoms with van der Waals surface area (Å²) in [5.41, 5.74) is 0.911. The minimum atomic E-state index is -0.202. The first-order valence-electron chi connectivity index (χ1n) is 7.99. The SMILES string of the molecule is CN(C)CCSSCCNC(=O)c1ccc(C#Cc2ccccc2)o1. The third-order valence-corrected chi connectivity index (χ3v) is 5.50. The van der Waals surface area contributed by atoms with Gasteiger partial charge >= 0.3 is 0 Å². The molecule has 6 heteroatoms. The van der Waals surface area contributed by atoms with E-state index in [4.69, 9.17) is 4.42 Å². The Hall–Kier alpha value is -1.81. The fraction of sp³-hybridized carbons (Fsp3) is 0.316. The maximum atomic E-state index is 12.0. The van der Waals surface area contributed by atoms with Crippen LogP contribution in [0.2, 0.25) is 0 Å². The minimum Gasteiger partial charge on any atom is -0.443 e. The second kappa shape index (κ2) is 10.9. The van der Waals surface area contributed by atoms with Gasteiger partial charge in [0, 0.05) is 30.2 Å². The third-order valence-electron chi connectivity index (χ3n) is 3.11. The first-order chi connectivity index (χ1) is 12.1. The van der Waals surface area contributed by atoms with Gasteiger partial charge in [-0.1, -0.05) is 45.7 Å². The van der Waals surface area contributed by atoms with Gasteiger partial charge in [0.05, 0.1) is 0 Å². The molecule has 1 aromatic carbocycles. The predicted molar refractivity (Wildman–Crippen MR) is 107 cm³/mol. The van der Waals surface area contributed by atoms with Crippen LogP contribution in [-0.4, -0.2) is 49.5 Å². The van der Waals surface area contributed by atoms with E-state index in [-0.39, 0.29) is 5.91 Å². The van der Waals surface area contributed by atoms with Gasteiger partial charge in [-0.05, 0) is 44.3 Å². The molecule has 2 rings (SSSR count). The summed E-state index contributed by atoms with van der Waals surface area (Å²) >= 11 is 0. The van der Waals surface area contributed by atoms with Gasteiger partial charge in [0.1, 0.15) is 0 Å². The Morgan fingerprint density at radius 1 is 1.08 bits per heavy atom. The van der Waals surface area contributed by atoms with E-state index in [1.807, 2.05) is 41.1 Å². The Labute approximate surface area is 157 Å². The molecule has 2 aromatic rings. The van der Waals surface area contributed by atoms with E-state index in [1.165, 1.54) is 0 Å². The smallest absolute Gasteiger partial charge is 0.287 e. The van der Waals surface area contributed by atoms with Crippen molar-refractivity contribution in [1.82, 2.24) is 10.2 Å². The Balaban J connectivity index is 1.71. The van der Waals surface area contributed by atoms with Crippen LogP contribution in [0.3, 0.4) is 0 Å². The molecule has 0 unspecified atom stereocenters. The van der Waals surface area contributed by atoms with Gasteiger partial charge in [0.25, 0.3) is 5.91 Å². The maximum absolute atomic E-state index is 12.0. The Bertz CT molecular complexity index is 718. The van der Waals surface area contributed by atoms with Crippen molar-refractivity contribution in [2.24, 2.45) is 0 Å². The highest BCUT2D eigenvalue weighted by Crippen LogP contribution is 2.19. The van der Waals surface area contributed by atoms with Gasteiger partial charge in [-0.25, -0.2) is 0 Å². The van der Waals surface area contributed by atoms with E-state index in [1.54, 1.807) is 22.9 Å². The summed E-state index contributed by atoms with van der Waals surface area (Å²) in [4.78, 5) is 14.2. The van der Waals surface area contributed by atoms with Crippen molar-refractivity contribution in [2.45, 2.75) is 0 Å². The molecule has 0 radical (unpaired) electrons. The summed E-state index contributed by atoms with van der Waals surface area (Å²) in [7, 11) is 7.71. The van der Waals surface area contributed by atoms with Crippen LogP contribution in [0.5, 0.6) is 0 Å². The molecular weight excluding hydrogens is 352 g/mol. The number of benzene rings is 1. The molecule has 0 saturated carbocycles. The lowest BCUT2D eigenvalue weighted by Gasteiger charge is -2.08. The lowest BCUT2D eigenvalue weighted by molar-refractivity contribution is 0.0928. The molecule has 4 nitrogen and oxygen atoms in total. The topological polar surface area (TPSA) is 45.5 Å². The second-order valence-electron chi connectivity index (χ2n) is 5.48. The fourth-order valence-electron chi connectivity index (χ4n) is 1.81. The van der Waals surface area contributed by atoms with E-state index in [9.17, 15) is 4.79 Å². The van der Waals surface area contributed by atoms with Crippen molar-refractivity contribution in [1.29, 1.82) is 0 Å². The molecule has 0 spiro atoms. The highest BCUT2D eigenvalue weighted by Gasteiger charge is 2.09. The largest absolute Gasteiger partial charge is 0.443 e. The second-order valence-corrected chi connectivity index (χ2v) is 8.19. The zero-order chi connectivity index (χ0) is 17.9. The summed E-state index contributed by atoms with van der Waals surface area (Å²) in [6, 6.07) is 13.0. The Morgan fingerprint density at radius 2 is 1.84 bits per heavy atom. The van der Waals surface area contributed by atoms with Crippen molar-refractivity contribution in [3.8, 4) is 11.8 Å². The number of furan rings is 1. The van der Waals surface area contributed by atoms with Crippen LogP contribution in [0.25, 0.3) is 0 Å². The number of amides is 1. The highest BCUT2D eigenvalue weighted by atomic mass is 33.1. The summed E-state index contributed by atoms with van der Waals surface area (Å²) in [6.45, 7) is 1.67. The molecule has 0 aliphatic rings. The van der Waals surface area contributed by atoms with Crippen LogP contribution < -0.4 is 5.32 Å². The predicted octanol–water partition coefficient (Wildman–Crippen LogP) is 3.35. The molecule has 25 heavy (non-hydrogen) atoms. The van der Waals surface area contributed by atoms with Gasteiger partial charge in [0.15, 0.2) is 11.5 Å². The standard InChI is InChI=1S/C19H22N2O2S2/c1-21(2)13-15-25-24-14-12-20-19(22)18-11-10-17(23-18)9-8-16-6-4-3-5-7-16/h3-7,10-11H,12-15H2,1-2H3,(H,20,22). The van der Waals surface area contributed by atoms with Crippen molar-refractivity contribution >= 4 is 27.5 Å². The van der Waals surface area contributed by atoms with E-state index in [0.717, 1.165) is 23.6 Å². The summed E-state index contributed by atoms with van der Waals surface area (Å²) in [5.74, 6) is 8.46. The van der Waals surface area contributed by atoms with Gasteiger partial charge in [-0.2, -0.15) is 0 Å². The highest BCUT2D eigenvalue weighted by molar-refractivity contribution is 8.76. The quantitative estimate of drug-likeness (QED) is 0.436. The normalized spacial score (nSPS) is 10.4. The molecule has 0 aliphatic heterocycles. The van der Waals surface area contributed by atoms with Gasteiger partial charge in [0.2, 0.25) is 0 Å². The van der Waals surface area contributed by atoms with E-state index in [0.29, 0.717) is 18.1 Å². The van der Waals surface area contributed by atoms with Crippen molar-refractivity contribution in [2.75, 3.05) is 38.7 Å². The number of nitrogens with zero attached hydrogens (tertiary/aromatic N) is 1. The summed E-state index contributed by atoms with van der Waals surface area (Å²) in [5, 5.41) is 2.86. The Morgan fingerprint density at radius 3 is 2.60 bits per heavy atom. The number of carbonyl (C=O) groups excluding carboxylic acids is 1. The summed E-state index contributed by atoms with van der Waals surface area (Å²) in [6.07, 6.45) is 0. The van der Waals surface area contributed by atoms with Crippen molar-refractivity contribution in [3.63, 3.8) is 0 Å². The zero-order valence-corrected chi connectivity index (χ0v) is 16.1. The number of carbonyl (C=O) groups is 1. The van der Waals surface area contributed by atoms with E-state index in [2.05, 4.69) is 36.2 Å². The minimum absolute atomic E-state index is 0.202. The molecule has 132 valence electrons. The molecule has 0 saturated heterocycles. The van der Waals surface area contributed by atoms with E-state index < -0.39 is 0 Å². The van der Waals surface area contributed by atoms with Gasteiger partial charge < -0.3 is 14.6 Å². The van der Waals surface area contributed by atoms with Crippen LogP contribution >= 0.6 is 21.6 Å². The number of hydrogen-bond acceptors (Lipinski definition) is 5. The van der Waals surface area contributed by atoms with Gasteiger partial charge in [-0.15, -0.1) is 0 Å². The number of hydrogen-bond donors (Lipinski definition) is 1. The van der Waals surface area contributed by atoms with Gasteiger partial charge in [-0.3, -0.25) is 4.79 Å². The zero-order valence-electron chi connectivity index (χ0n) is 14.5. The van der Waals surface area contributed by atoms with Crippen molar-refractivity contribution < 1.29 is 9.21 Å². The number of nitrogens with one attached hydrogen (secondary N) is 1. The molecule has 0 fully saturated rings. The lowest BCUT2D eigenvalue weighted by atomic mass is 10.2. The fourth-order valence-corrected chi connectivity index (χ4v) is 3.85.